The van der Waals surface area contributed by atoms with Crippen molar-refractivity contribution in [3.05, 3.63) is 94.3 Å². The minimum Gasteiger partial charge on any atom is -0.508 e. The number of allylic oxidation sites excluding steroid dienone is 7. The number of phenolic OH excluding ortho intramolecular Hbond substituents is 1. The minimum atomic E-state index is -1.76. The number of benzene rings is 2. The number of fused-ring (bicyclic) bond motifs is 4. The number of carbonyl (C=O) groups is 4. The lowest BCUT2D eigenvalue weighted by Gasteiger charge is -2.43. The van der Waals surface area contributed by atoms with Crippen molar-refractivity contribution in [2.45, 2.75) is 26.2 Å². The second-order valence-corrected chi connectivity index (χ2v) is 11.5. The van der Waals surface area contributed by atoms with Gasteiger partial charge in [-0.1, -0.05) is 23.8 Å². The van der Waals surface area contributed by atoms with Gasteiger partial charge in [0.1, 0.15) is 11.5 Å². The Labute approximate surface area is 241 Å². The van der Waals surface area contributed by atoms with E-state index in [4.69, 9.17) is 4.74 Å². The van der Waals surface area contributed by atoms with Gasteiger partial charge in [0.05, 0.1) is 23.8 Å². The minimum absolute atomic E-state index is 0.0789. The molecule has 2 aromatic rings. The number of hydrogen-bond acceptors (Lipinski definition) is 8. The molecule has 2 heterocycles. The molecule has 4 atom stereocenters. The van der Waals surface area contributed by atoms with E-state index in [1.807, 2.05) is 6.08 Å². The summed E-state index contributed by atoms with van der Waals surface area (Å²) in [7, 11) is -1.76. The molecule has 10 heteroatoms. The van der Waals surface area contributed by atoms with Crippen molar-refractivity contribution in [1.29, 1.82) is 0 Å². The fourth-order valence-electron chi connectivity index (χ4n) is 7.27. The SMILES string of the molecule is CC1=CC(=O)C2=C(C[C@@H]3C(=CC[C@@H]4C(=O)N(c5cccc(B(O)O)c5)C(=O)[C@@H]43)[C@@H]2C2=COc3ccc(O)cc3C2)C1=O. The van der Waals surface area contributed by atoms with Gasteiger partial charge in [0.15, 0.2) is 11.6 Å². The van der Waals surface area contributed by atoms with Gasteiger partial charge in [-0.05, 0) is 73.1 Å². The van der Waals surface area contributed by atoms with Gasteiger partial charge in [0.2, 0.25) is 11.8 Å². The van der Waals surface area contributed by atoms with E-state index in [0.717, 1.165) is 21.6 Å². The van der Waals surface area contributed by atoms with Crippen LogP contribution in [0.3, 0.4) is 0 Å². The van der Waals surface area contributed by atoms with Gasteiger partial charge in [-0.25, -0.2) is 0 Å². The van der Waals surface area contributed by atoms with Crippen LogP contribution < -0.4 is 15.1 Å². The third-order valence-electron chi connectivity index (χ3n) is 9.14. The van der Waals surface area contributed by atoms with Crippen molar-refractivity contribution < 1.29 is 39.1 Å². The van der Waals surface area contributed by atoms with Crippen LogP contribution in [0.1, 0.15) is 25.3 Å². The highest BCUT2D eigenvalue weighted by Crippen LogP contribution is 2.55. The van der Waals surface area contributed by atoms with Gasteiger partial charge < -0.3 is 19.9 Å². The first-order valence-electron chi connectivity index (χ1n) is 13.9. The van der Waals surface area contributed by atoms with E-state index < -0.39 is 36.7 Å². The van der Waals surface area contributed by atoms with E-state index in [1.165, 1.54) is 24.3 Å². The third-order valence-corrected chi connectivity index (χ3v) is 9.14. The Morgan fingerprint density at radius 3 is 2.60 bits per heavy atom. The van der Waals surface area contributed by atoms with Gasteiger partial charge in [0, 0.05) is 34.6 Å². The van der Waals surface area contributed by atoms with Crippen LogP contribution in [0.5, 0.6) is 11.5 Å². The molecule has 9 nitrogen and oxygen atoms in total. The first kappa shape index (κ1) is 26.4. The molecule has 3 N–H and O–H groups in total. The lowest BCUT2D eigenvalue weighted by Crippen LogP contribution is -2.41. The summed E-state index contributed by atoms with van der Waals surface area (Å²) in [6.07, 6.45) is 5.68. The molecule has 0 saturated carbocycles. The number of Topliss-reactive ketones (excluding diaryl/α,β-unsaturated/α-hetero) is 1. The zero-order chi connectivity index (χ0) is 29.4. The number of hydrogen-bond donors (Lipinski definition) is 3. The van der Waals surface area contributed by atoms with Crippen LogP contribution in [0.4, 0.5) is 5.69 Å². The number of carbonyl (C=O) groups excluding carboxylic acids is 4. The molecule has 1 fully saturated rings. The molecule has 42 heavy (non-hydrogen) atoms. The number of imide groups is 1. The molecule has 2 aromatic carbocycles. The van der Waals surface area contributed by atoms with Crippen LogP contribution in [0, 0.1) is 23.7 Å². The first-order valence-corrected chi connectivity index (χ1v) is 13.9. The molecule has 0 radical (unpaired) electrons. The number of ether oxygens (including phenoxy) is 1. The molecule has 2 amide bonds. The van der Waals surface area contributed by atoms with Crippen LogP contribution in [0.2, 0.25) is 0 Å². The summed E-state index contributed by atoms with van der Waals surface area (Å²) in [4.78, 5) is 55.8. The summed E-state index contributed by atoms with van der Waals surface area (Å²) >= 11 is 0. The first-order chi connectivity index (χ1) is 20.1. The number of nitrogens with zero attached hydrogens (tertiary/aromatic N) is 1. The van der Waals surface area contributed by atoms with Crippen molar-refractivity contribution in [1.82, 2.24) is 0 Å². The normalized spacial score (nSPS) is 26.5. The maximum absolute atomic E-state index is 14.0. The van der Waals surface area contributed by atoms with Crippen molar-refractivity contribution in [3.63, 3.8) is 0 Å². The summed E-state index contributed by atoms with van der Waals surface area (Å²) in [5, 5.41) is 29.4. The molecular weight excluding hydrogens is 537 g/mol. The number of ketones is 2. The maximum Gasteiger partial charge on any atom is 0.488 e. The zero-order valence-corrected chi connectivity index (χ0v) is 22.6. The molecule has 5 aliphatic rings. The van der Waals surface area contributed by atoms with Crippen LogP contribution in [-0.2, 0) is 25.6 Å². The van der Waals surface area contributed by atoms with E-state index in [1.54, 1.807) is 37.5 Å². The zero-order valence-electron chi connectivity index (χ0n) is 22.6. The van der Waals surface area contributed by atoms with Crippen LogP contribution >= 0.6 is 0 Å². The number of amides is 2. The lowest BCUT2D eigenvalue weighted by molar-refractivity contribution is -0.123. The molecular formula is C32H26BNO8. The molecule has 7 rings (SSSR count). The van der Waals surface area contributed by atoms with Gasteiger partial charge in [-0.3, -0.25) is 24.1 Å². The summed E-state index contributed by atoms with van der Waals surface area (Å²) in [5.41, 5.74) is 3.74. The van der Waals surface area contributed by atoms with E-state index in [-0.39, 0.29) is 47.2 Å². The second kappa shape index (κ2) is 9.50. The number of anilines is 1. The number of aromatic hydroxyl groups is 1. The van der Waals surface area contributed by atoms with Crippen molar-refractivity contribution in [3.8, 4) is 11.5 Å². The molecule has 0 bridgehead atoms. The fraction of sp³-hybridized carbons (Fsp3) is 0.250. The summed E-state index contributed by atoms with van der Waals surface area (Å²) in [6.45, 7) is 1.60. The van der Waals surface area contributed by atoms with Crippen LogP contribution in [0.25, 0.3) is 0 Å². The average Bonchev–Trinajstić information content (AvgIpc) is 3.23. The predicted octanol–water partition coefficient (Wildman–Crippen LogP) is 2.06. The molecule has 0 aromatic heterocycles. The van der Waals surface area contributed by atoms with Crippen LogP contribution in [0.15, 0.2) is 88.7 Å². The van der Waals surface area contributed by atoms with E-state index >= 15 is 0 Å². The lowest BCUT2D eigenvalue weighted by atomic mass is 9.58. The molecule has 3 aliphatic carbocycles. The Balaban J connectivity index is 1.32. The van der Waals surface area contributed by atoms with Gasteiger partial charge in [-0.15, -0.1) is 0 Å². The molecule has 0 spiro atoms. The number of rotatable bonds is 3. The fourth-order valence-corrected chi connectivity index (χ4v) is 7.27. The Bertz CT molecular complexity index is 1750. The molecule has 2 aliphatic heterocycles. The Hall–Kier alpha value is -4.54. The summed E-state index contributed by atoms with van der Waals surface area (Å²) in [5.74, 6) is -3.18. The van der Waals surface area contributed by atoms with Crippen LogP contribution in [-0.4, -0.2) is 45.7 Å². The van der Waals surface area contributed by atoms with Crippen molar-refractivity contribution in [2.75, 3.05) is 4.90 Å². The largest absolute Gasteiger partial charge is 0.508 e. The predicted molar refractivity (Wildman–Crippen MR) is 151 cm³/mol. The van der Waals surface area contributed by atoms with Crippen molar-refractivity contribution in [2.24, 2.45) is 23.7 Å². The topological polar surface area (TPSA) is 141 Å². The molecule has 210 valence electrons. The van der Waals surface area contributed by atoms with Gasteiger partial charge >= 0.3 is 7.12 Å². The highest BCUT2D eigenvalue weighted by Gasteiger charge is 2.57. The monoisotopic (exact) mass is 563 g/mol. The van der Waals surface area contributed by atoms with E-state index in [0.29, 0.717) is 28.9 Å². The van der Waals surface area contributed by atoms with E-state index in [2.05, 4.69) is 0 Å². The maximum atomic E-state index is 14.0. The van der Waals surface area contributed by atoms with Gasteiger partial charge in [-0.2, -0.15) is 0 Å². The number of phenols is 1. The Kier molecular flexibility index (Phi) is 5.97. The van der Waals surface area contributed by atoms with Crippen molar-refractivity contribution >= 4 is 41.6 Å². The smallest absolute Gasteiger partial charge is 0.488 e. The molecule has 0 unspecified atom stereocenters. The summed E-state index contributed by atoms with van der Waals surface area (Å²) < 4.78 is 5.91. The highest BCUT2D eigenvalue weighted by atomic mass is 16.5. The average molecular weight is 563 g/mol. The standard InChI is InChI=1S/C32H26BNO8/c1-15-9-25(36)29-24(30(15)37)13-23-21(27(29)17-10-16-11-20(35)5-8-26(16)42-14-17)6-7-22-28(23)32(39)34(31(22)38)19-4-2-3-18(12-19)33(40)41/h2-6,8-9,11-12,14,22-23,27-28,35,40-41H,7,10,13H2,1H3/t22-,23+,27-,28-/m0/s1. The van der Waals surface area contributed by atoms with E-state index in [9.17, 15) is 34.3 Å². The summed E-state index contributed by atoms with van der Waals surface area (Å²) in [6, 6.07) is 10.8. The highest BCUT2D eigenvalue weighted by molar-refractivity contribution is 6.58. The third kappa shape index (κ3) is 3.86. The Morgan fingerprint density at radius 1 is 1.00 bits per heavy atom. The molecule has 1 saturated heterocycles. The Morgan fingerprint density at radius 2 is 1.81 bits per heavy atom. The van der Waals surface area contributed by atoms with Gasteiger partial charge in [0.25, 0.3) is 0 Å². The second-order valence-electron chi connectivity index (χ2n) is 11.5. The quantitative estimate of drug-likeness (QED) is 0.223.